The van der Waals surface area contributed by atoms with Crippen LogP contribution in [0, 0.1) is 0 Å². The third-order valence-electron chi connectivity index (χ3n) is 4.21. The summed E-state index contributed by atoms with van der Waals surface area (Å²) in [7, 11) is 3.31. The van der Waals surface area contributed by atoms with E-state index in [0.717, 1.165) is 5.69 Å². The largest absolute Gasteiger partial charge is 0.385 e. The molecular weight excluding hydrogens is 344 g/mol. The van der Waals surface area contributed by atoms with Crippen LogP contribution in [-0.4, -0.2) is 48.5 Å². The summed E-state index contributed by atoms with van der Waals surface area (Å²) in [6.07, 6.45) is 2.43. The van der Waals surface area contributed by atoms with Gasteiger partial charge in [-0.15, -0.1) is 0 Å². The third-order valence-corrected chi connectivity index (χ3v) is 4.21. The summed E-state index contributed by atoms with van der Waals surface area (Å²) in [5.41, 5.74) is 1.58. The zero-order valence-electron chi connectivity index (χ0n) is 15.4. The highest BCUT2D eigenvalue weighted by atomic mass is 16.5. The van der Waals surface area contributed by atoms with E-state index < -0.39 is 0 Å². The number of imidazole rings is 1. The van der Waals surface area contributed by atoms with E-state index in [1.54, 1.807) is 36.9 Å². The Morgan fingerprint density at radius 2 is 1.89 bits per heavy atom. The number of methoxy groups -OCH3 is 1. The van der Waals surface area contributed by atoms with Crippen molar-refractivity contribution in [3.05, 3.63) is 66.2 Å². The van der Waals surface area contributed by atoms with Crippen LogP contribution < -0.4 is 10.2 Å². The Kier molecular flexibility index (Phi) is 5.83. The molecule has 140 valence electrons. The molecule has 0 aliphatic rings. The Balaban J connectivity index is 1.90. The van der Waals surface area contributed by atoms with Crippen molar-refractivity contribution in [1.82, 2.24) is 14.7 Å². The molecule has 3 aromatic rings. The maximum absolute atomic E-state index is 13.0. The number of para-hydroxylation sites is 1. The first-order valence-corrected chi connectivity index (χ1v) is 8.71. The molecular formula is C20H22N4O3. The van der Waals surface area contributed by atoms with Crippen LogP contribution in [0.5, 0.6) is 0 Å². The highest BCUT2D eigenvalue weighted by Crippen LogP contribution is 2.19. The number of anilines is 1. The first kappa shape index (κ1) is 18.6. The van der Waals surface area contributed by atoms with Gasteiger partial charge in [-0.3, -0.25) is 14.0 Å². The van der Waals surface area contributed by atoms with Crippen molar-refractivity contribution in [2.24, 2.45) is 0 Å². The molecule has 0 saturated heterocycles. The van der Waals surface area contributed by atoms with Gasteiger partial charge in [0, 0.05) is 39.2 Å². The van der Waals surface area contributed by atoms with E-state index in [1.807, 2.05) is 36.4 Å². The number of fused-ring (bicyclic) bond motifs is 1. The number of hydrogen-bond donors (Lipinski definition) is 1. The van der Waals surface area contributed by atoms with Crippen LogP contribution in [0.4, 0.5) is 5.69 Å². The maximum Gasteiger partial charge on any atom is 0.287 e. The second-order valence-electron chi connectivity index (χ2n) is 6.04. The zero-order valence-corrected chi connectivity index (χ0v) is 15.4. The minimum Gasteiger partial charge on any atom is -0.385 e. The summed E-state index contributed by atoms with van der Waals surface area (Å²) in [5.74, 6) is -0.412. The Hall–Kier alpha value is -3.19. The molecule has 0 aliphatic heterocycles. The number of benzene rings is 1. The molecule has 0 bridgehead atoms. The number of pyridine rings is 1. The third kappa shape index (κ3) is 3.98. The van der Waals surface area contributed by atoms with E-state index in [-0.39, 0.29) is 23.3 Å². The van der Waals surface area contributed by atoms with Crippen molar-refractivity contribution >= 4 is 23.0 Å². The van der Waals surface area contributed by atoms with E-state index in [9.17, 15) is 9.59 Å². The summed E-state index contributed by atoms with van der Waals surface area (Å²) in [5, 5.41) is 2.81. The Labute approximate surface area is 157 Å². The van der Waals surface area contributed by atoms with Gasteiger partial charge in [0.25, 0.3) is 11.8 Å². The lowest BCUT2D eigenvalue weighted by molar-refractivity contribution is 0.0937. The van der Waals surface area contributed by atoms with Crippen LogP contribution in [-0.2, 0) is 4.74 Å². The smallest absolute Gasteiger partial charge is 0.287 e. The fourth-order valence-electron chi connectivity index (χ4n) is 2.78. The molecule has 0 saturated carbocycles. The summed E-state index contributed by atoms with van der Waals surface area (Å²) in [6.45, 7) is 1.04. The summed E-state index contributed by atoms with van der Waals surface area (Å²) in [4.78, 5) is 31.4. The molecule has 7 heteroatoms. The number of carbonyl (C=O) groups is 2. The van der Waals surface area contributed by atoms with Gasteiger partial charge in [-0.25, -0.2) is 4.98 Å². The van der Waals surface area contributed by atoms with Gasteiger partial charge in [0.1, 0.15) is 0 Å². The number of nitrogens with one attached hydrogen (secondary N) is 1. The van der Waals surface area contributed by atoms with Gasteiger partial charge in [-0.05, 0) is 30.7 Å². The van der Waals surface area contributed by atoms with Gasteiger partial charge in [0.15, 0.2) is 5.69 Å². The molecule has 0 fully saturated rings. The van der Waals surface area contributed by atoms with E-state index in [1.165, 1.54) is 4.90 Å². The molecule has 0 radical (unpaired) electrons. The Morgan fingerprint density at radius 1 is 1.15 bits per heavy atom. The summed E-state index contributed by atoms with van der Waals surface area (Å²) >= 11 is 0. The molecule has 0 unspecified atom stereocenters. The maximum atomic E-state index is 13.0. The van der Waals surface area contributed by atoms with Crippen molar-refractivity contribution in [3.63, 3.8) is 0 Å². The monoisotopic (exact) mass is 366 g/mol. The van der Waals surface area contributed by atoms with Crippen LogP contribution in [0.15, 0.2) is 54.7 Å². The average molecular weight is 366 g/mol. The van der Waals surface area contributed by atoms with Crippen molar-refractivity contribution in [1.29, 1.82) is 0 Å². The second kappa shape index (κ2) is 8.46. The van der Waals surface area contributed by atoms with Crippen molar-refractivity contribution < 1.29 is 14.3 Å². The average Bonchev–Trinajstić information content (AvgIpc) is 3.10. The van der Waals surface area contributed by atoms with Crippen LogP contribution in [0.2, 0.25) is 0 Å². The van der Waals surface area contributed by atoms with Crippen molar-refractivity contribution in [3.8, 4) is 0 Å². The highest BCUT2D eigenvalue weighted by molar-refractivity contribution is 6.10. The standard InChI is InChI=1S/C20H22N4O3/c1-23(15-9-4-3-5-10-15)20(26)17-16-11-6-7-13-24(16)18(22-17)19(25)21-12-8-14-27-2/h3-7,9-11,13H,8,12,14H2,1-2H3,(H,21,25). The minimum absolute atomic E-state index is 0.188. The highest BCUT2D eigenvalue weighted by Gasteiger charge is 2.24. The SMILES string of the molecule is COCCCNC(=O)c1nc(C(=O)N(C)c2ccccc2)c2ccccn12. The number of hydrogen-bond acceptors (Lipinski definition) is 4. The van der Waals surface area contributed by atoms with E-state index in [4.69, 9.17) is 4.74 Å². The topological polar surface area (TPSA) is 75.9 Å². The predicted octanol–water partition coefficient (Wildman–Crippen LogP) is 2.38. The van der Waals surface area contributed by atoms with Crippen LogP contribution in [0.1, 0.15) is 27.5 Å². The van der Waals surface area contributed by atoms with Gasteiger partial charge in [0.2, 0.25) is 5.82 Å². The lowest BCUT2D eigenvalue weighted by Crippen LogP contribution is -2.28. The quantitative estimate of drug-likeness (QED) is 0.652. The fourth-order valence-corrected chi connectivity index (χ4v) is 2.78. The molecule has 3 rings (SSSR count). The molecule has 0 aliphatic carbocycles. The van der Waals surface area contributed by atoms with Crippen molar-refractivity contribution in [2.45, 2.75) is 6.42 Å². The van der Waals surface area contributed by atoms with E-state index >= 15 is 0 Å². The molecule has 2 amide bonds. The molecule has 1 N–H and O–H groups in total. The predicted molar refractivity (Wildman–Crippen MR) is 103 cm³/mol. The number of ether oxygens (including phenoxy) is 1. The minimum atomic E-state index is -0.325. The number of nitrogens with zero attached hydrogens (tertiary/aromatic N) is 3. The van der Waals surface area contributed by atoms with E-state index in [2.05, 4.69) is 10.3 Å². The van der Waals surface area contributed by atoms with Crippen molar-refractivity contribution in [2.75, 3.05) is 32.2 Å². The molecule has 2 aromatic heterocycles. The van der Waals surface area contributed by atoms with Crippen LogP contribution in [0.3, 0.4) is 0 Å². The van der Waals surface area contributed by atoms with Crippen LogP contribution in [0.25, 0.3) is 5.52 Å². The molecule has 0 spiro atoms. The molecule has 7 nitrogen and oxygen atoms in total. The summed E-state index contributed by atoms with van der Waals surface area (Å²) in [6, 6.07) is 14.7. The van der Waals surface area contributed by atoms with Gasteiger partial charge in [0.05, 0.1) is 5.52 Å². The first-order valence-electron chi connectivity index (χ1n) is 8.71. The molecule has 27 heavy (non-hydrogen) atoms. The molecule has 0 atom stereocenters. The Bertz CT molecular complexity index is 937. The number of rotatable bonds is 7. The lowest BCUT2D eigenvalue weighted by atomic mass is 10.2. The summed E-state index contributed by atoms with van der Waals surface area (Å²) < 4.78 is 6.62. The molecule has 2 heterocycles. The van der Waals surface area contributed by atoms with Gasteiger partial charge in [-0.2, -0.15) is 0 Å². The number of carbonyl (C=O) groups excluding carboxylic acids is 2. The van der Waals surface area contributed by atoms with Crippen LogP contribution >= 0.6 is 0 Å². The lowest BCUT2D eigenvalue weighted by Gasteiger charge is -2.16. The molecule has 1 aromatic carbocycles. The Morgan fingerprint density at radius 3 is 2.63 bits per heavy atom. The zero-order chi connectivity index (χ0) is 19.2. The normalized spacial score (nSPS) is 10.7. The first-order chi connectivity index (χ1) is 13.1. The van der Waals surface area contributed by atoms with Gasteiger partial charge in [-0.1, -0.05) is 24.3 Å². The second-order valence-corrected chi connectivity index (χ2v) is 6.04. The van der Waals surface area contributed by atoms with Gasteiger partial charge >= 0.3 is 0 Å². The van der Waals surface area contributed by atoms with Gasteiger partial charge < -0.3 is 15.0 Å². The number of aromatic nitrogens is 2. The van der Waals surface area contributed by atoms with E-state index in [0.29, 0.717) is 25.1 Å². The fraction of sp³-hybridized carbons (Fsp3) is 0.250. The number of amides is 2.